The van der Waals surface area contributed by atoms with E-state index < -0.39 is 6.36 Å². The molecule has 19 heavy (non-hydrogen) atoms. The van der Waals surface area contributed by atoms with Gasteiger partial charge in [-0.05, 0) is 18.6 Å². The molecular formula is C13H24ClF3O2. The van der Waals surface area contributed by atoms with Crippen molar-refractivity contribution in [3.8, 4) is 0 Å². The molecule has 1 rings (SSSR count). The van der Waals surface area contributed by atoms with Crippen LogP contribution >= 0.6 is 11.6 Å². The summed E-state index contributed by atoms with van der Waals surface area (Å²) in [5, 5.41) is 7.43. The van der Waals surface area contributed by atoms with Crippen LogP contribution in [-0.4, -0.2) is 18.6 Å². The van der Waals surface area contributed by atoms with Crippen LogP contribution in [0.2, 0.25) is 0 Å². The van der Waals surface area contributed by atoms with Gasteiger partial charge in [0.15, 0.2) is 0 Å². The highest BCUT2D eigenvalue weighted by atomic mass is 35.5. The van der Waals surface area contributed by atoms with E-state index in [-0.39, 0.29) is 0 Å². The third-order valence-corrected chi connectivity index (χ3v) is 1.64. The van der Waals surface area contributed by atoms with Gasteiger partial charge in [0.05, 0.1) is 12.9 Å². The first kappa shape index (κ1) is 23.4. The topological polar surface area (TPSA) is 29.5 Å². The maximum atomic E-state index is 9.91. The van der Waals surface area contributed by atoms with E-state index in [1.165, 1.54) is 6.42 Å². The molecule has 0 aromatic rings. The molecule has 0 saturated carbocycles. The van der Waals surface area contributed by atoms with Crippen molar-refractivity contribution in [1.29, 1.82) is 0 Å². The van der Waals surface area contributed by atoms with Gasteiger partial charge in [-0.25, -0.2) is 0 Å². The Morgan fingerprint density at radius 1 is 1.21 bits per heavy atom. The number of ether oxygens (including phenoxy) is 1. The average molecular weight is 305 g/mol. The highest BCUT2D eigenvalue weighted by molar-refractivity contribution is 6.29. The van der Waals surface area contributed by atoms with E-state index in [1.807, 2.05) is 26.0 Å². The first-order valence-corrected chi connectivity index (χ1v) is 6.50. The molecule has 0 bridgehead atoms. The lowest BCUT2D eigenvalue weighted by Gasteiger charge is -2.08. The van der Waals surface area contributed by atoms with Crippen molar-refractivity contribution >= 4 is 11.6 Å². The van der Waals surface area contributed by atoms with Gasteiger partial charge in [0.1, 0.15) is 0 Å². The smallest absolute Gasteiger partial charge is 0.501 e. The third-order valence-electron chi connectivity index (χ3n) is 1.32. The van der Waals surface area contributed by atoms with E-state index in [2.05, 4.69) is 13.8 Å². The summed E-state index contributed by atoms with van der Waals surface area (Å²) in [6, 6.07) is 0. The molecule has 1 aliphatic carbocycles. The normalized spacial score (nSPS) is 13.2. The van der Waals surface area contributed by atoms with E-state index in [0.717, 1.165) is 23.6 Å². The monoisotopic (exact) mass is 304 g/mol. The second kappa shape index (κ2) is 15.4. The minimum atomic E-state index is -5.00. The Morgan fingerprint density at radius 2 is 1.58 bits per heavy atom. The minimum Gasteiger partial charge on any atom is -0.501 e. The molecule has 0 aromatic carbocycles. The van der Waals surface area contributed by atoms with Crippen molar-refractivity contribution in [3.63, 3.8) is 0 Å². The summed E-state index contributed by atoms with van der Waals surface area (Å²) in [6.07, 6.45) is 1.89. The van der Waals surface area contributed by atoms with Gasteiger partial charge >= 0.3 is 6.36 Å². The van der Waals surface area contributed by atoms with Crippen LogP contribution in [0.5, 0.6) is 0 Å². The zero-order valence-corrected chi connectivity index (χ0v) is 12.9. The van der Waals surface area contributed by atoms with E-state index >= 15 is 0 Å². The second-order valence-electron chi connectivity index (χ2n) is 3.13. The van der Waals surface area contributed by atoms with Gasteiger partial charge in [0.2, 0.25) is 0 Å². The number of halogens is 4. The summed E-state index contributed by atoms with van der Waals surface area (Å²) in [4.78, 5) is 0. The van der Waals surface area contributed by atoms with Crippen LogP contribution in [0.1, 0.15) is 47.0 Å². The largest absolute Gasteiger partial charge is 0.519 e. The Labute approximate surface area is 118 Å². The molecule has 1 aliphatic rings. The summed E-state index contributed by atoms with van der Waals surface area (Å²) >= 11 is 5.70. The molecule has 0 aromatic heterocycles. The van der Waals surface area contributed by atoms with Crippen molar-refractivity contribution < 1.29 is 23.0 Å². The van der Waals surface area contributed by atoms with Crippen molar-refractivity contribution in [2.24, 2.45) is 0 Å². The van der Waals surface area contributed by atoms with Gasteiger partial charge in [0, 0.05) is 11.5 Å². The third kappa shape index (κ3) is 31.7. The zero-order chi connectivity index (χ0) is 15.9. The zero-order valence-electron chi connectivity index (χ0n) is 12.1. The van der Waals surface area contributed by atoms with E-state index in [9.17, 15) is 13.2 Å². The van der Waals surface area contributed by atoms with Crippen LogP contribution in [-0.2, 0) is 4.74 Å². The van der Waals surface area contributed by atoms with Crippen LogP contribution in [0.3, 0.4) is 0 Å². The summed E-state index contributed by atoms with van der Waals surface area (Å²) < 4.78 is 34.7. The van der Waals surface area contributed by atoms with Crippen LogP contribution < -0.4 is 0 Å². The predicted octanol–water partition coefficient (Wildman–Crippen LogP) is 5.37. The lowest BCUT2D eigenvalue weighted by molar-refractivity contribution is -0.295. The molecule has 0 aliphatic heterocycles. The van der Waals surface area contributed by atoms with E-state index in [0.29, 0.717) is 0 Å². The molecule has 0 unspecified atom stereocenters. The molecule has 1 N–H and O–H groups in total. The van der Waals surface area contributed by atoms with E-state index in [4.69, 9.17) is 21.4 Å². The second-order valence-corrected chi connectivity index (χ2v) is 3.61. The highest BCUT2D eigenvalue weighted by Crippen LogP contribution is 2.20. The molecule has 116 valence electrons. The van der Waals surface area contributed by atoms with Crippen molar-refractivity contribution in [2.45, 2.75) is 53.3 Å². The number of methoxy groups -OCH3 is 1. The molecule has 0 spiro atoms. The molecule has 2 nitrogen and oxygen atoms in total. The number of allylic oxidation sites excluding steroid dienone is 4. The summed E-state index contributed by atoms with van der Waals surface area (Å²) in [7, 11) is 1.68. The number of hydrogen-bond donors (Lipinski definition) is 1. The molecule has 0 saturated heterocycles. The summed E-state index contributed by atoms with van der Waals surface area (Å²) in [5.41, 5.74) is 0. The Morgan fingerprint density at radius 3 is 1.79 bits per heavy atom. The van der Waals surface area contributed by atoms with Gasteiger partial charge in [0.25, 0.3) is 0 Å². The van der Waals surface area contributed by atoms with Gasteiger partial charge in [-0.2, -0.15) is 0 Å². The maximum Gasteiger partial charge on any atom is 0.519 e. The van der Waals surface area contributed by atoms with Crippen LogP contribution in [0.25, 0.3) is 0 Å². The van der Waals surface area contributed by atoms with Crippen LogP contribution in [0.4, 0.5) is 13.2 Å². The summed E-state index contributed by atoms with van der Waals surface area (Å²) in [5.74, 6) is 1.01. The predicted molar refractivity (Wildman–Crippen MR) is 73.8 cm³/mol. The average Bonchev–Trinajstić information content (AvgIpc) is 2.32. The van der Waals surface area contributed by atoms with Crippen LogP contribution in [0, 0.1) is 0 Å². The van der Waals surface area contributed by atoms with Crippen molar-refractivity contribution in [3.05, 3.63) is 22.9 Å². The van der Waals surface area contributed by atoms with Crippen LogP contribution in [0.15, 0.2) is 22.9 Å². The summed E-state index contributed by atoms with van der Waals surface area (Å²) in [6.45, 7) is 8.25. The Hall–Kier alpha value is -0.680. The number of alkyl halides is 3. The lowest BCUT2D eigenvalue weighted by Crippen LogP contribution is -2.01. The fourth-order valence-electron chi connectivity index (χ4n) is 0.763. The molecular weight excluding hydrogens is 281 g/mol. The molecule has 0 atom stereocenters. The first-order valence-electron chi connectivity index (χ1n) is 6.12. The standard InChI is InChI=1S/C7H9ClO.C3H8.C2H6.CHF3O/c1-9-7-4-2-6(8)3-5-7;1-3-2;1-2;2-1(3,4)5/h2,4H,3,5H2,1H3;3H2,1-2H3;1-2H3;5H. The molecule has 6 heteroatoms. The quantitative estimate of drug-likeness (QED) is 0.705. The van der Waals surface area contributed by atoms with Gasteiger partial charge in [-0.1, -0.05) is 45.7 Å². The molecule has 0 fully saturated rings. The number of rotatable bonds is 1. The Balaban J connectivity index is -0.000000219. The minimum absolute atomic E-state index is 0.913. The van der Waals surface area contributed by atoms with E-state index in [1.54, 1.807) is 7.11 Å². The maximum absolute atomic E-state index is 9.91. The molecule has 0 amide bonds. The van der Waals surface area contributed by atoms with Gasteiger partial charge in [-0.3, -0.25) is 0 Å². The van der Waals surface area contributed by atoms with Gasteiger partial charge in [-0.15, -0.1) is 13.2 Å². The first-order chi connectivity index (χ1) is 8.74. The Kier molecular flexibility index (Phi) is 19.0. The SMILES string of the molecule is CC.CCC.COC1=CC=C(Cl)CC1.OC(F)(F)F. The van der Waals surface area contributed by atoms with Crippen molar-refractivity contribution in [1.82, 2.24) is 0 Å². The van der Waals surface area contributed by atoms with Crippen molar-refractivity contribution in [2.75, 3.05) is 7.11 Å². The molecule has 0 heterocycles. The molecule has 0 radical (unpaired) electrons. The Bertz CT molecular complexity index is 243. The fraction of sp³-hybridized carbons (Fsp3) is 0.692. The number of aliphatic hydroxyl groups is 1. The lowest BCUT2D eigenvalue weighted by atomic mass is 10.2. The highest BCUT2D eigenvalue weighted by Gasteiger charge is 2.20. The fourth-order valence-corrected chi connectivity index (χ4v) is 0.920. The van der Waals surface area contributed by atoms with Gasteiger partial charge < -0.3 is 9.84 Å². The number of hydrogen-bond acceptors (Lipinski definition) is 2.